The number of hydrogen-bond acceptors (Lipinski definition) is 3. The van der Waals surface area contributed by atoms with Gasteiger partial charge in [0.05, 0.1) is 11.7 Å². The molecule has 166 valence electrons. The maximum absolute atomic E-state index is 5.90. The van der Waals surface area contributed by atoms with Gasteiger partial charge in [0.1, 0.15) is 6.04 Å². The standard InChI is InChI=1S/C27H27N5S/c1-19-12-17-24(31(19)21-9-5-4-6-10-21)26-25(23-11-7-8-18-28-23)29-27(33)32(26)22-15-13-20(14-16-22)30(2)3/h4-18,25-26H,1-3H3,(H,29,33)/t25-,26-/m0/s1. The zero-order valence-electron chi connectivity index (χ0n) is 19.0. The molecule has 4 aromatic rings. The van der Waals surface area contributed by atoms with Crippen molar-refractivity contribution in [1.29, 1.82) is 0 Å². The molecule has 0 spiro atoms. The molecule has 1 saturated heterocycles. The quantitative estimate of drug-likeness (QED) is 0.408. The van der Waals surface area contributed by atoms with Crippen LogP contribution in [0.5, 0.6) is 0 Å². The van der Waals surface area contributed by atoms with Crippen molar-refractivity contribution in [2.75, 3.05) is 23.9 Å². The lowest BCUT2D eigenvalue weighted by molar-refractivity contribution is 0.548. The maximum atomic E-state index is 5.90. The summed E-state index contributed by atoms with van der Waals surface area (Å²) in [4.78, 5) is 9.01. The Labute approximate surface area is 200 Å². The summed E-state index contributed by atoms with van der Waals surface area (Å²) in [5.41, 5.74) is 6.65. The molecule has 1 aliphatic rings. The molecule has 0 aliphatic carbocycles. The Kier molecular flexibility index (Phi) is 5.60. The van der Waals surface area contributed by atoms with Crippen molar-refractivity contribution in [2.24, 2.45) is 0 Å². The van der Waals surface area contributed by atoms with Gasteiger partial charge in [-0.1, -0.05) is 24.3 Å². The second-order valence-electron chi connectivity index (χ2n) is 8.48. The lowest BCUT2D eigenvalue weighted by Gasteiger charge is -2.29. The number of thiocarbonyl (C=S) groups is 1. The predicted molar refractivity (Wildman–Crippen MR) is 139 cm³/mol. The van der Waals surface area contributed by atoms with Gasteiger partial charge in [0.15, 0.2) is 5.11 Å². The minimum atomic E-state index is -0.0796. The molecule has 33 heavy (non-hydrogen) atoms. The number of nitrogens with zero attached hydrogens (tertiary/aromatic N) is 4. The molecular formula is C27H27N5S. The zero-order chi connectivity index (χ0) is 22.9. The molecule has 3 heterocycles. The highest BCUT2D eigenvalue weighted by Gasteiger charge is 2.42. The molecule has 2 atom stereocenters. The van der Waals surface area contributed by atoms with E-state index in [0.29, 0.717) is 5.11 Å². The van der Waals surface area contributed by atoms with E-state index in [1.807, 2.05) is 38.5 Å². The van der Waals surface area contributed by atoms with Gasteiger partial charge in [0.2, 0.25) is 0 Å². The normalized spacial score (nSPS) is 17.8. The lowest BCUT2D eigenvalue weighted by Crippen LogP contribution is -2.30. The van der Waals surface area contributed by atoms with Crippen LogP contribution in [0.3, 0.4) is 0 Å². The molecule has 5 rings (SSSR count). The first-order valence-corrected chi connectivity index (χ1v) is 11.5. The van der Waals surface area contributed by atoms with E-state index in [9.17, 15) is 0 Å². The smallest absolute Gasteiger partial charge is 0.174 e. The first kappa shape index (κ1) is 21.2. The van der Waals surface area contributed by atoms with E-state index >= 15 is 0 Å². The van der Waals surface area contributed by atoms with Gasteiger partial charge in [0.25, 0.3) is 0 Å². The van der Waals surface area contributed by atoms with Gasteiger partial charge in [-0.25, -0.2) is 0 Å². The highest BCUT2D eigenvalue weighted by atomic mass is 32.1. The Hall–Kier alpha value is -3.64. The minimum absolute atomic E-state index is 0.0634. The predicted octanol–water partition coefficient (Wildman–Crippen LogP) is 5.42. The van der Waals surface area contributed by atoms with Crippen LogP contribution in [-0.2, 0) is 0 Å². The number of rotatable bonds is 5. The Morgan fingerprint density at radius 2 is 1.58 bits per heavy atom. The van der Waals surface area contributed by atoms with Crippen molar-refractivity contribution in [3.8, 4) is 5.69 Å². The summed E-state index contributed by atoms with van der Waals surface area (Å²) in [5, 5.41) is 4.26. The molecule has 2 aromatic carbocycles. The summed E-state index contributed by atoms with van der Waals surface area (Å²) in [6.07, 6.45) is 1.84. The molecule has 0 radical (unpaired) electrons. The fourth-order valence-corrected chi connectivity index (χ4v) is 4.91. The van der Waals surface area contributed by atoms with Gasteiger partial charge in [-0.05, 0) is 79.8 Å². The van der Waals surface area contributed by atoms with E-state index in [0.717, 1.165) is 22.8 Å². The van der Waals surface area contributed by atoms with E-state index < -0.39 is 0 Å². The van der Waals surface area contributed by atoms with Crippen LogP contribution in [0.2, 0.25) is 0 Å². The van der Waals surface area contributed by atoms with Crippen LogP contribution in [0.1, 0.15) is 29.2 Å². The second kappa shape index (κ2) is 8.71. The Morgan fingerprint density at radius 3 is 2.24 bits per heavy atom. The van der Waals surface area contributed by atoms with Crippen LogP contribution < -0.4 is 15.1 Å². The minimum Gasteiger partial charge on any atom is -0.378 e. The third-order valence-electron chi connectivity index (χ3n) is 6.17. The molecule has 1 fully saturated rings. The average Bonchev–Trinajstić information content (AvgIpc) is 3.39. The fourth-order valence-electron chi connectivity index (χ4n) is 4.56. The molecular weight excluding hydrogens is 426 g/mol. The summed E-state index contributed by atoms with van der Waals surface area (Å²) in [5.74, 6) is 0. The fraction of sp³-hybridized carbons (Fsp3) is 0.185. The van der Waals surface area contributed by atoms with Gasteiger partial charge in [0, 0.05) is 48.7 Å². The third-order valence-corrected chi connectivity index (χ3v) is 6.48. The van der Waals surface area contributed by atoms with Crippen molar-refractivity contribution in [3.63, 3.8) is 0 Å². The van der Waals surface area contributed by atoms with Gasteiger partial charge in [-0.3, -0.25) is 4.98 Å². The molecule has 6 heteroatoms. The maximum Gasteiger partial charge on any atom is 0.174 e. The van der Waals surface area contributed by atoms with Crippen LogP contribution in [0, 0.1) is 6.92 Å². The van der Waals surface area contributed by atoms with E-state index in [2.05, 4.69) is 98.3 Å². The topological polar surface area (TPSA) is 36.3 Å². The number of pyridine rings is 1. The number of benzene rings is 2. The van der Waals surface area contributed by atoms with Crippen molar-refractivity contribution >= 4 is 28.7 Å². The summed E-state index contributed by atoms with van der Waals surface area (Å²) in [7, 11) is 4.10. The Morgan fingerprint density at radius 1 is 0.848 bits per heavy atom. The van der Waals surface area contributed by atoms with Crippen LogP contribution in [-0.4, -0.2) is 28.8 Å². The van der Waals surface area contributed by atoms with E-state index in [4.69, 9.17) is 12.2 Å². The molecule has 0 amide bonds. The number of nitrogens with one attached hydrogen (secondary N) is 1. The summed E-state index contributed by atoms with van der Waals surface area (Å²) < 4.78 is 2.32. The Balaban J connectivity index is 1.67. The second-order valence-corrected chi connectivity index (χ2v) is 8.86. The lowest BCUT2D eigenvalue weighted by atomic mass is 10.0. The number of aromatic nitrogens is 2. The zero-order valence-corrected chi connectivity index (χ0v) is 19.8. The Bertz CT molecular complexity index is 1250. The summed E-state index contributed by atoms with van der Waals surface area (Å²) in [6, 6.07) is 29.3. The molecule has 0 unspecified atom stereocenters. The van der Waals surface area contributed by atoms with Gasteiger partial charge in [-0.2, -0.15) is 0 Å². The SMILES string of the molecule is Cc1ccc([C@H]2[C@H](c3ccccn3)NC(=S)N2c2ccc(N(C)C)cc2)n1-c1ccccc1. The number of aryl methyl sites for hydroxylation is 1. The van der Waals surface area contributed by atoms with E-state index in [-0.39, 0.29) is 12.1 Å². The van der Waals surface area contributed by atoms with Crippen molar-refractivity contribution in [1.82, 2.24) is 14.9 Å². The molecule has 1 aliphatic heterocycles. The number of hydrogen-bond donors (Lipinski definition) is 1. The third kappa shape index (κ3) is 3.87. The number of para-hydroxylation sites is 1. The summed E-state index contributed by atoms with van der Waals surface area (Å²) in [6.45, 7) is 2.14. The largest absolute Gasteiger partial charge is 0.378 e. The molecule has 1 N–H and O–H groups in total. The van der Waals surface area contributed by atoms with Crippen molar-refractivity contribution < 1.29 is 0 Å². The van der Waals surface area contributed by atoms with Gasteiger partial charge in [-0.15, -0.1) is 0 Å². The first-order chi connectivity index (χ1) is 16.0. The highest BCUT2D eigenvalue weighted by Crippen LogP contribution is 2.43. The van der Waals surface area contributed by atoms with Crippen LogP contribution in [0.25, 0.3) is 5.69 Å². The van der Waals surface area contributed by atoms with E-state index in [1.165, 1.54) is 11.4 Å². The first-order valence-electron chi connectivity index (χ1n) is 11.1. The number of anilines is 2. The molecule has 0 bridgehead atoms. The van der Waals surface area contributed by atoms with E-state index in [1.54, 1.807) is 0 Å². The highest BCUT2D eigenvalue weighted by molar-refractivity contribution is 7.80. The van der Waals surface area contributed by atoms with Gasteiger partial charge < -0.3 is 19.7 Å². The van der Waals surface area contributed by atoms with Gasteiger partial charge >= 0.3 is 0 Å². The van der Waals surface area contributed by atoms with Crippen LogP contribution in [0.15, 0.2) is 91.1 Å². The molecule has 2 aromatic heterocycles. The monoisotopic (exact) mass is 453 g/mol. The average molecular weight is 454 g/mol. The molecule has 5 nitrogen and oxygen atoms in total. The van der Waals surface area contributed by atoms with Crippen LogP contribution >= 0.6 is 12.2 Å². The summed E-state index contributed by atoms with van der Waals surface area (Å²) >= 11 is 5.90. The van der Waals surface area contributed by atoms with Crippen molar-refractivity contribution in [3.05, 3.63) is 108 Å². The van der Waals surface area contributed by atoms with Crippen molar-refractivity contribution in [2.45, 2.75) is 19.0 Å². The van der Waals surface area contributed by atoms with Crippen LogP contribution in [0.4, 0.5) is 11.4 Å². The molecule has 0 saturated carbocycles.